The first-order valence-corrected chi connectivity index (χ1v) is 9.08. The van der Waals surface area contributed by atoms with Crippen LogP contribution in [0.15, 0.2) is 66.9 Å². The van der Waals surface area contributed by atoms with Gasteiger partial charge in [-0.05, 0) is 49.5 Å². The summed E-state index contributed by atoms with van der Waals surface area (Å²) in [5.74, 6) is -0.213. The van der Waals surface area contributed by atoms with E-state index in [1.165, 1.54) is 11.6 Å². The molecular weight excluding hydrogens is 345 g/mol. The Kier molecular flexibility index (Phi) is 4.47. The van der Waals surface area contributed by atoms with Crippen molar-refractivity contribution in [2.24, 2.45) is 0 Å². The number of anilines is 1. The predicted octanol–water partition coefficient (Wildman–Crippen LogP) is 4.74. The summed E-state index contributed by atoms with van der Waals surface area (Å²) in [6.45, 7) is 3.59. The van der Waals surface area contributed by atoms with Gasteiger partial charge in [-0.3, -0.25) is 0 Å². The van der Waals surface area contributed by atoms with Gasteiger partial charge < -0.3 is 14.8 Å². The number of fused-ring (bicyclic) bond motifs is 1. The second-order valence-electron chi connectivity index (χ2n) is 6.54. The highest BCUT2D eigenvalue weighted by atomic mass is 32.1. The van der Waals surface area contributed by atoms with E-state index in [1.807, 2.05) is 54.7 Å². The average molecular weight is 365 g/mol. The van der Waals surface area contributed by atoms with Gasteiger partial charge in [-0.1, -0.05) is 35.9 Å². The van der Waals surface area contributed by atoms with Gasteiger partial charge in [0, 0.05) is 36.2 Å². The van der Waals surface area contributed by atoms with Crippen molar-refractivity contribution < 1.29 is 4.39 Å². The van der Waals surface area contributed by atoms with Gasteiger partial charge in [-0.15, -0.1) is 0 Å². The maximum absolute atomic E-state index is 14.6. The Morgan fingerprint density at radius 3 is 2.58 bits per heavy atom. The quantitative estimate of drug-likeness (QED) is 0.663. The van der Waals surface area contributed by atoms with Gasteiger partial charge in [0.15, 0.2) is 5.11 Å². The molecule has 0 saturated carbocycles. The van der Waals surface area contributed by atoms with Crippen LogP contribution in [-0.2, 0) is 6.54 Å². The minimum atomic E-state index is -0.245. The zero-order valence-corrected chi connectivity index (χ0v) is 15.3. The van der Waals surface area contributed by atoms with E-state index in [4.69, 9.17) is 12.2 Å². The van der Waals surface area contributed by atoms with Gasteiger partial charge in [0.05, 0.1) is 6.04 Å². The van der Waals surface area contributed by atoms with Crippen molar-refractivity contribution in [1.82, 2.24) is 9.47 Å². The second kappa shape index (κ2) is 6.92. The molecule has 5 heteroatoms. The molecule has 0 aliphatic carbocycles. The number of nitrogens with zero attached hydrogens (tertiary/aromatic N) is 2. The molecule has 132 valence electrons. The molecule has 0 amide bonds. The fraction of sp³-hybridized carbons (Fsp3) is 0.190. The monoisotopic (exact) mass is 365 g/mol. The first-order valence-electron chi connectivity index (χ1n) is 8.67. The Labute approximate surface area is 158 Å². The van der Waals surface area contributed by atoms with E-state index in [0.29, 0.717) is 10.7 Å². The average Bonchev–Trinajstić information content (AvgIpc) is 3.12. The van der Waals surface area contributed by atoms with Gasteiger partial charge in [0.1, 0.15) is 5.82 Å². The molecule has 1 atom stereocenters. The number of nitrogens with one attached hydrogen (secondary N) is 1. The summed E-state index contributed by atoms with van der Waals surface area (Å²) in [5.41, 5.74) is 3.82. The fourth-order valence-corrected chi connectivity index (χ4v) is 3.77. The van der Waals surface area contributed by atoms with E-state index in [2.05, 4.69) is 21.7 Å². The smallest absolute Gasteiger partial charge is 0.174 e. The fourth-order valence-electron chi connectivity index (χ4n) is 3.46. The summed E-state index contributed by atoms with van der Waals surface area (Å²) in [6, 6.07) is 18.8. The Hall–Kier alpha value is -2.66. The number of hydrogen-bond acceptors (Lipinski definition) is 1. The molecule has 0 radical (unpaired) electrons. The van der Waals surface area contributed by atoms with Gasteiger partial charge >= 0.3 is 0 Å². The molecule has 4 rings (SSSR count). The minimum Gasteiger partial charge on any atom is -0.348 e. The molecule has 0 saturated heterocycles. The van der Waals surface area contributed by atoms with Crippen molar-refractivity contribution in [2.75, 3.05) is 11.9 Å². The molecule has 2 heterocycles. The molecule has 0 bridgehead atoms. The number of aryl methyl sites for hydroxylation is 1. The Balaban J connectivity index is 1.69. The lowest BCUT2D eigenvalue weighted by atomic mass is 10.00. The van der Waals surface area contributed by atoms with E-state index < -0.39 is 0 Å². The highest BCUT2D eigenvalue weighted by molar-refractivity contribution is 7.80. The predicted molar refractivity (Wildman–Crippen MR) is 107 cm³/mol. The summed E-state index contributed by atoms with van der Waals surface area (Å²) in [6.07, 6.45) is 2.04. The zero-order valence-electron chi connectivity index (χ0n) is 14.5. The van der Waals surface area contributed by atoms with Crippen molar-refractivity contribution in [3.8, 4) is 0 Å². The van der Waals surface area contributed by atoms with Crippen LogP contribution in [0.3, 0.4) is 0 Å². The van der Waals surface area contributed by atoms with Crippen molar-refractivity contribution in [2.45, 2.75) is 19.5 Å². The molecule has 1 aliphatic heterocycles. The molecular formula is C21H20FN3S. The molecule has 2 aromatic carbocycles. The normalized spacial score (nSPS) is 16.2. The van der Waals surface area contributed by atoms with Gasteiger partial charge in [0.25, 0.3) is 0 Å². The van der Waals surface area contributed by atoms with Crippen LogP contribution in [0, 0.1) is 12.7 Å². The third kappa shape index (κ3) is 3.10. The minimum absolute atomic E-state index is 0.213. The molecule has 3 aromatic rings. The van der Waals surface area contributed by atoms with Gasteiger partial charge in [-0.2, -0.15) is 0 Å². The number of thiocarbonyl (C=S) groups is 1. The van der Waals surface area contributed by atoms with Crippen LogP contribution in [0.5, 0.6) is 0 Å². The summed E-state index contributed by atoms with van der Waals surface area (Å²) in [4.78, 5) is 2.07. The van der Waals surface area contributed by atoms with E-state index in [0.717, 1.165) is 24.5 Å². The number of hydrogen-bond donors (Lipinski definition) is 1. The molecule has 0 spiro atoms. The first kappa shape index (κ1) is 16.8. The lowest BCUT2D eigenvalue weighted by Crippen LogP contribution is -2.44. The van der Waals surface area contributed by atoms with Gasteiger partial charge in [-0.25, -0.2) is 4.39 Å². The Morgan fingerprint density at radius 1 is 1.04 bits per heavy atom. The SMILES string of the molecule is Cc1ccc(NC(=S)N2CCn3cccc3C2c2ccccc2F)cc1. The zero-order chi connectivity index (χ0) is 18.1. The maximum Gasteiger partial charge on any atom is 0.174 e. The topological polar surface area (TPSA) is 20.2 Å². The summed E-state index contributed by atoms with van der Waals surface area (Å²) in [7, 11) is 0. The van der Waals surface area contributed by atoms with Crippen LogP contribution in [0.4, 0.5) is 10.1 Å². The summed E-state index contributed by atoms with van der Waals surface area (Å²) >= 11 is 5.70. The van der Waals surface area contributed by atoms with E-state index in [-0.39, 0.29) is 11.9 Å². The number of halogens is 1. The first-order chi connectivity index (χ1) is 12.6. The van der Waals surface area contributed by atoms with E-state index in [1.54, 1.807) is 6.07 Å². The lowest BCUT2D eigenvalue weighted by molar-refractivity contribution is 0.288. The molecule has 1 aromatic heterocycles. The van der Waals surface area contributed by atoms with E-state index >= 15 is 0 Å². The molecule has 1 N–H and O–H groups in total. The lowest BCUT2D eigenvalue weighted by Gasteiger charge is -2.39. The summed E-state index contributed by atoms with van der Waals surface area (Å²) < 4.78 is 16.8. The number of aromatic nitrogens is 1. The van der Waals surface area contributed by atoms with Crippen LogP contribution in [-0.4, -0.2) is 21.1 Å². The van der Waals surface area contributed by atoms with E-state index in [9.17, 15) is 4.39 Å². The largest absolute Gasteiger partial charge is 0.348 e. The second-order valence-corrected chi connectivity index (χ2v) is 6.93. The maximum atomic E-state index is 14.6. The van der Waals surface area contributed by atoms with Crippen molar-refractivity contribution in [3.63, 3.8) is 0 Å². The number of benzene rings is 2. The third-order valence-electron chi connectivity index (χ3n) is 4.80. The third-order valence-corrected chi connectivity index (χ3v) is 5.14. The van der Waals surface area contributed by atoms with Crippen molar-refractivity contribution >= 4 is 23.0 Å². The van der Waals surface area contributed by atoms with Crippen LogP contribution >= 0.6 is 12.2 Å². The molecule has 26 heavy (non-hydrogen) atoms. The highest BCUT2D eigenvalue weighted by Crippen LogP contribution is 2.34. The molecule has 3 nitrogen and oxygen atoms in total. The standard InChI is InChI=1S/C21H20FN3S/c1-15-8-10-16(11-9-15)23-21(26)25-14-13-24-12-4-7-19(24)20(25)17-5-2-3-6-18(17)22/h2-12,20H,13-14H2,1H3,(H,23,26). The van der Waals surface area contributed by atoms with Crippen LogP contribution in [0.25, 0.3) is 0 Å². The van der Waals surface area contributed by atoms with Crippen LogP contribution < -0.4 is 5.32 Å². The molecule has 0 fully saturated rings. The highest BCUT2D eigenvalue weighted by Gasteiger charge is 2.32. The van der Waals surface area contributed by atoms with Crippen molar-refractivity contribution in [3.05, 3.63) is 89.5 Å². The number of rotatable bonds is 2. The Bertz CT molecular complexity index is 932. The molecule has 1 aliphatic rings. The van der Waals surface area contributed by atoms with Crippen LogP contribution in [0.2, 0.25) is 0 Å². The summed E-state index contributed by atoms with van der Waals surface area (Å²) in [5, 5.41) is 3.91. The van der Waals surface area contributed by atoms with Gasteiger partial charge in [0.2, 0.25) is 0 Å². The molecule has 1 unspecified atom stereocenters. The van der Waals surface area contributed by atoms with Crippen molar-refractivity contribution in [1.29, 1.82) is 0 Å². The van der Waals surface area contributed by atoms with Crippen LogP contribution in [0.1, 0.15) is 22.9 Å². The Morgan fingerprint density at radius 2 is 1.81 bits per heavy atom.